The molecule has 0 fully saturated rings. The highest BCUT2D eigenvalue weighted by molar-refractivity contribution is 8.02. The summed E-state index contributed by atoms with van der Waals surface area (Å²) >= 11 is 0. The van der Waals surface area contributed by atoms with Crippen molar-refractivity contribution in [2.75, 3.05) is 12.5 Å². The Hall–Kier alpha value is -1.16. The van der Waals surface area contributed by atoms with Gasteiger partial charge in [-0.05, 0) is 18.6 Å². The smallest absolute Gasteiger partial charge is 0.251 e. The summed E-state index contributed by atoms with van der Waals surface area (Å²) < 4.78 is 74.6. The summed E-state index contributed by atoms with van der Waals surface area (Å²) in [4.78, 5) is 3.24. The molecule has 0 radical (unpaired) electrons. The first-order valence-electron chi connectivity index (χ1n) is 5.28. The molecule has 2 unspecified atom stereocenters. The highest BCUT2D eigenvalue weighted by Gasteiger charge is 2.32. The predicted molar refractivity (Wildman–Crippen MR) is 69.0 cm³/mol. The molecule has 114 valence electrons. The van der Waals surface area contributed by atoms with Crippen LogP contribution in [-0.2, 0) is 25.9 Å². The second-order valence-corrected chi connectivity index (χ2v) is 8.78. The Bertz CT molecular complexity index is 702. The number of nitrogens with zero attached hydrogens (tertiary/aromatic N) is 2. The zero-order chi connectivity index (χ0) is 15.8. The lowest BCUT2D eigenvalue weighted by atomic mass is 10.2. The highest BCUT2D eigenvalue weighted by Crippen LogP contribution is 2.29. The molecule has 0 spiro atoms. The third-order valence-electron chi connectivity index (χ3n) is 2.49. The van der Waals surface area contributed by atoms with Crippen molar-refractivity contribution in [1.29, 1.82) is 0 Å². The van der Waals surface area contributed by atoms with Gasteiger partial charge in [-0.25, -0.2) is 12.6 Å². The lowest BCUT2D eigenvalue weighted by molar-refractivity contribution is -0.141. The first-order chi connectivity index (χ1) is 8.83. The minimum atomic E-state index is -4.56. The van der Waals surface area contributed by atoms with E-state index < -0.39 is 36.9 Å². The van der Waals surface area contributed by atoms with Crippen molar-refractivity contribution in [1.82, 2.24) is 4.98 Å². The molecule has 0 aliphatic carbocycles. The van der Waals surface area contributed by atoms with Gasteiger partial charge in [-0.2, -0.15) is 13.2 Å². The Kier molecular flexibility index (Phi) is 4.49. The number of hydrogen-bond acceptors (Lipinski definition) is 4. The summed E-state index contributed by atoms with van der Waals surface area (Å²) in [6, 6.07) is 1.86. The van der Waals surface area contributed by atoms with E-state index in [1.54, 1.807) is 0 Å². The van der Waals surface area contributed by atoms with Gasteiger partial charge in [-0.1, -0.05) is 6.07 Å². The molecule has 1 aromatic rings. The largest absolute Gasteiger partial charge is 0.433 e. The molecular weight excluding hydrogens is 317 g/mol. The SMILES string of the molecule is CC(c1ccc(C(F)(F)F)nc1)S(C)(=O)=NS(C)(=O)=O. The Morgan fingerprint density at radius 3 is 2.10 bits per heavy atom. The van der Waals surface area contributed by atoms with Crippen LogP contribution in [0.1, 0.15) is 23.4 Å². The van der Waals surface area contributed by atoms with Crippen molar-refractivity contribution >= 4 is 19.8 Å². The molecule has 0 N–H and O–H groups in total. The van der Waals surface area contributed by atoms with Gasteiger partial charge in [-0.15, -0.1) is 3.77 Å². The van der Waals surface area contributed by atoms with Crippen molar-refractivity contribution in [3.05, 3.63) is 29.6 Å². The molecule has 0 aliphatic heterocycles. The van der Waals surface area contributed by atoms with E-state index in [0.29, 0.717) is 0 Å². The maximum Gasteiger partial charge on any atom is 0.433 e. The number of alkyl halides is 3. The second kappa shape index (κ2) is 5.32. The maximum absolute atomic E-state index is 12.4. The predicted octanol–water partition coefficient (Wildman–Crippen LogP) is 2.22. The Morgan fingerprint density at radius 1 is 1.20 bits per heavy atom. The summed E-state index contributed by atoms with van der Waals surface area (Å²) in [6.07, 6.45) is -1.70. The van der Waals surface area contributed by atoms with Gasteiger partial charge in [0.2, 0.25) is 0 Å². The quantitative estimate of drug-likeness (QED) is 0.851. The van der Waals surface area contributed by atoms with Crippen molar-refractivity contribution < 1.29 is 25.8 Å². The maximum atomic E-state index is 12.4. The van der Waals surface area contributed by atoms with Gasteiger partial charge in [-0.3, -0.25) is 4.98 Å². The van der Waals surface area contributed by atoms with Crippen LogP contribution in [0.25, 0.3) is 0 Å². The van der Waals surface area contributed by atoms with Crippen molar-refractivity contribution in [2.45, 2.75) is 18.3 Å². The molecule has 5 nitrogen and oxygen atoms in total. The normalized spacial score (nSPS) is 17.3. The molecule has 0 saturated heterocycles. The zero-order valence-corrected chi connectivity index (χ0v) is 12.5. The lowest BCUT2D eigenvalue weighted by Crippen LogP contribution is -2.12. The average molecular weight is 330 g/mol. The van der Waals surface area contributed by atoms with Gasteiger partial charge in [0, 0.05) is 12.5 Å². The zero-order valence-electron chi connectivity index (χ0n) is 10.9. The molecule has 1 heterocycles. The van der Waals surface area contributed by atoms with Crippen LogP contribution >= 0.6 is 0 Å². The molecule has 2 atom stereocenters. The van der Waals surface area contributed by atoms with Crippen molar-refractivity contribution in [3.63, 3.8) is 0 Å². The molecule has 0 amide bonds. The van der Waals surface area contributed by atoms with E-state index in [0.717, 1.165) is 30.8 Å². The van der Waals surface area contributed by atoms with Crippen LogP contribution in [0.2, 0.25) is 0 Å². The summed E-state index contributed by atoms with van der Waals surface area (Å²) in [6.45, 7) is 1.42. The van der Waals surface area contributed by atoms with Gasteiger partial charge in [0.15, 0.2) is 0 Å². The van der Waals surface area contributed by atoms with E-state index in [1.807, 2.05) is 0 Å². The van der Waals surface area contributed by atoms with Crippen molar-refractivity contribution in [2.24, 2.45) is 3.77 Å². The Labute approximate surface area is 115 Å². The van der Waals surface area contributed by atoms with Crippen LogP contribution < -0.4 is 0 Å². The molecule has 1 rings (SSSR count). The van der Waals surface area contributed by atoms with Crippen LogP contribution in [0.5, 0.6) is 0 Å². The molecule has 1 aromatic heterocycles. The van der Waals surface area contributed by atoms with E-state index >= 15 is 0 Å². The fraction of sp³-hybridized carbons (Fsp3) is 0.500. The molecular formula is C10H13F3N2O3S2. The number of aromatic nitrogens is 1. The molecule has 0 bridgehead atoms. The van der Waals surface area contributed by atoms with Crippen LogP contribution in [0, 0.1) is 0 Å². The molecule has 0 saturated carbocycles. The fourth-order valence-corrected chi connectivity index (χ4v) is 4.71. The van der Waals surface area contributed by atoms with Gasteiger partial charge in [0.25, 0.3) is 10.0 Å². The van der Waals surface area contributed by atoms with Crippen LogP contribution in [0.4, 0.5) is 13.2 Å². The molecule has 10 heteroatoms. The number of hydrogen-bond donors (Lipinski definition) is 0. The molecule has 20 heavy (non-hydrogen) atoms. The van der Waals surface area contributed by atoms with Gasteiger partial charge >= 0.3 is 6.18 Å². The number of pyridine rings is 1. The minimum absolute atomic E-state index is 0.220. The van der Waals surface area contributed by atoms with Gasteiger partial charge in [0.1, 0.15) is 5.69 Å². The second-order valence-electron chi connectivity index (χ2n) is 4.29. The van der Waals surface area contributed by atoms with Crippen LogP contribution in [0.3, 0.4) is 0 Å². The number of halogens is 3. The van der Waals surface area contributed by atoms with E-state index in [2.05, 4.69) is 8.75 Å². The minimum Gasteiger partial charge on any atom is -0.251 e. The standard InChI is InChI=1S/C10H13F3N2O3S2/c1-7(19(2,16)15-20(3,17)18)8-4-5-9(14-6-8)10(11,12)13/h4-7H,1-3H3. The summed E-state index contributed by atoms with van der Waals surface area (Å²) in [7, 11) is -6.97. The first kappa shape index (κ1) is 16.9. The molecule has 0 aliphatic rings. The first-order valence-corrected chi connectivity index (χ1v) is 9.12. The van der Waals surface area contributed by atoms with Crippen molar-refractivity contribution in [3.8, 4) is 0 Å². The van der Waals surface area contributed by atoms with E-state index in [9.17, 15) is 25.8 Å². The van der Waals surface area contributed by atoms with E-state index in [1.165, 1.54) is 6.92 Å². The van der Waals surface area contributed by atoms with Crippen LogP contribution in [-0.4, -0.2) is 30.1 Å². The lowest BCUT2D eigenvalue weighted by Gasteiger charge is -2.14. The third kappa shape index (κ3) is 4.44. The van der Waals surface area contributed by atoms with Gasteiger partial charge < -0.3 is 0 Å². The van der Waals surface area contributed by atoms with Gasteiger partial charge in [0.05, 0.1) is 21.2 Å². The summed E-state index contributed by atoms with van der Waals surface area (Å²) in [5.41, 5.74) is -0.853. The fourth-order valence-electron chi connectivity index (χ4n) is 1.40. The number of sulfonamides is 1. The average Bonchev–Trinajstić information content (AvgIpc) is 2.24. The molecule has 0 aromatic carbocycles. The van der Waals surface area contributed by atoms with E-state index in [4.69, 9.17) is 0 Å². The van der Waals surface area contributed by atoms with E-state index in [-0.39, 0.29) is 5.56 Å². The summed E-state index contributed by atoms with van der Waals surface area (Å²) in [5, 5.41) is -0.869. The van der Waals surface area contributed by atoms with Crippen LogP contribution in [0.15, 0.2) is 22.1 Å². The highest BCUT2D eigenvalue weighted by atomic mass is 32.3. The number of rotatable bonds is 3. The monoisotopic (exact) mass is 330 g/mol. The topological polar surface area (TPSA) is 76.5 Å². The Morgan fingerprint density at radius 2 is 1.75 bits per heavy atom. The summed E-state index contributed by atoms with van der Waals surface area (Å²) in [5.74, 6) is 0. The Balaban J connectivity index is 3.21. The third-order valence-corrected chi connectivity index (χ3v) is 6.34.